The van der Waals surface area contributed by atoms with Gasteiger partial charge in [-0.2, -0.15) is 0 Å². The molecular weight excluding hydrogens is 476 g/mol. The van der Waals surface area contributed by atoms with Crippen molar-refractivity contribution in [3.8, 4) is 5.69 Å². The van der Waals surface area contributed by atoms with Gasteiger partial charge in [-0.15, -0.1) is 5.10 Å². The molecule has 1 saturated heterocycles. The minimum absolute atomic E-state index is 0.129. The molecule has 4 amide bonds. The molecule has 0 bridgehead atoms. The molecule has 0 saturated carbocycles. The summed E-state index contributed by atoms with van der Waals surface area (Å²) in [4.78, 5) is 58.6. The lowest BCUT2D eigenvalue weighted by Crippen LogP contribution is -2.52. The van der Waals surface area contributed by atoms with E-state index >= 15 is 0 Å². The van der Waals surface area contributed by atoms with E-state index in [2.05, 4.69) is 30.9 Å². The Morgan fingerprint density at radius 3 is 2.81 bits per heavy atom. The van der Waals surface area contributed by atoms with E-state index in [1.54, 1.807) is 18.2 Å². The summed E-state index contributed by atoms with van der Waals surface area (Å²) in [6.45, 7) is 2.07. The van der Waals surface area contributed by atoms with Crippen molar-refractivity contribution in [2.75, 3.05) is 0 Å². The number of fused-ring (bicyclic) bond motifs is 2. The van der Waals surface area contributed by atoms with Gasteiger partial charge in [-0.3, -0.25) is 24.5 Å². The van der Waals surface area contributed by atoms with Gasteiger partial charge in [0.15, 0.2) is 5.69 Å². The summed E-state index contributed by atoms with van der Waals surface area (Å²) in [7, 11) is 0. The van der Waals surface area contributed by atoms with Crippen LogP contribution in [0.1, 0.15) is 58.0 Å². The Balaban J connectivity index is 1.16. The van der Waals surface area contributed by atoms with E-state index in [0.29, 0.717) is 23.5 Å². The lowest BCUT2D eigenvalue weighted by atomic mass is 10.0. The van der Waals surface area contributed by atoms with Crippen LogP contribution >= 0.6 is 0 Å². The maximum atomic E-state index is 12.9. The number of carbonyl (C=O) groups excluding carboxylic acids is 4. The number of para-hydroxylation sites is 2. The first-order valence-electron chi connectivity index (χ1n) is 11.8. The number of amides is 4. The lowest BCUT2D eigenvalue weighted by Gasteiger charge is -2.29. The van der Waals surface area contributed by atoms with Crippen molar-refractivity contribution in [1.29, 1.82) is 0 Å². The molecule has 3 N–H and O–H groups in total. The van der Waals surface area contributed by atoms with Crippen LogP contribution in [0.3, 0.4) is 0 Å². The van der Waals surface area contributed by atoms with Crippen molar-refractivity contribution < 1.29 is 19.2 Å². The molecule has 0 radical (unpaired) electrons. The second kappa shape index (κ2) is 8.66. The van der Waals surface area contributed by atoms with Crippen LogP contribution in [0.25, 0.3) is 16.7 Å². The van der Waals surface area contributed by atoms with Gasteiger partial charge in [-0.1, -0.05) is 17.3 Å². The SMILES string of the molecule is C[C@@H](NC(=O)c1cn(-c2ccc3c(c2)CN(C2CCC(=O)NC2=O)C3=O)nn1)c1nc2ccccc2[nH]1. The quantitative estimate of drug-likeness (QED) is 0.351. The van der Waals surface area contributed by atoms with E-state index in [4.69, 9.17) is 0 Å². The van der Waals surface area contributed by atoms with E-state index in [-0.39, 0.29) is 36.5 Å². The zero-order valence-corrected chi connectivity index (χ0v) is 19.8. The highest BCUT2D eigenvalue weighted by Crippen LogP contribution is 2.29. The predicted octanol–water partition coefficient (Wildman–Crippen LogP) is 1.40. The summed E-state index contributed by atoms with van der Waals surface area (Å²) >= 11 is 0. The number of nitrogens with one attached hydrogen (secondary N) is 3. The number of H-pyrrole nitrogens is 1. The zero-order chi connectivity index (χ0) is 25.7. The lowest BCUT2D eigenvalue weighted by molar-refractivity contribution is -0.136. The first kappa shape index (κ1) is 22.6. The highest BCUT2D eigenvalue weighted by atomic mass is 16.2. The summed E-state index contributed by atoms with van der Waals surface area (Å²) in [5, 5.41) is 13.3. The topological polar surface area (TPSA) is 155 Å². The van der Waals surface area contributed by atoms with E-state index < -0.39 is 17.9 Å². The molecular formula is C25H22N8O4. The molecule has 2 aliphatic heterocycles. The van der Waals surface area contributed by atoms with Crippen LogP contribution < -0.4 is 10.6 Å². The van der Waals surface area contributed by atoms with Crippen molar-refractivity contribution in [3.05, 3.63) is 71.3 Å². The third-order valence-electron chi connectivity index (χ3n) is 6.66. The highest BCUT2D eigenvalue weighted by Gasteiger charge is 2.39. The Morgan fingerprint density at radius 1 is 1.16 bits per heavy atom. The number of benzene rings is 2. The Bertz CT molecular complexity index is 1560. The van der Waals surface area contributed by atoms with Crippen molar-refractivity contribution in [2.24, 2.45) is 0 Å². The van der Waals surface area contributed by atoms with Crippen molar-refractivity contribution >= 4 is 34.7 Å². The molecule has 12 nitrogen and oxygen atoms in total. The fourth-order valence-electron chi connectivity index (χ4n) is 4.71. The van der Waals surface area contributed by atoms with Gasteiger partial charge in [0.2, 0.25) is 11.8 Å². The van der Waals surface area contributed by atoms with Crippen molar-refractivity contribution in [1.82, 2.24) is 40.5 Å². The van der Waals surface area contributed by atoms with Gasteiger partial charge in [0.05, 0.1) is 29.0 Å². The third-order valence-corrected chi connectivity index (χ3v) is 6.66. The van der Waals surface area contributed by atoms with Crippen LogP contribution in [0.15, 0.2) is 48.7 Å². The number of nitrogens with zero attached hydrogens (tertiary/aromatic N) is 5. The van der Waals surface area contributed by atoms with Crippen LogP contribution in [0.5, 0.6) is 0 Å². The second-order valence-electron chi connectivity index (χ2n) is 9.12. The Hall–Kier alpha value is -4.87. The first-order chi connectivity index (χ1) is 17.9. The smallest absolute Gasteiger partial charge is 0.274 e. The van der Waals surface area contributed by atoms with E-state index in [1.807, 2.05) is 31.2 Å². The molecule has 2 atom stereocenters. The Labute approximate surface area is 210 Å². The average Bonchev–Trinajstić information content (AvgIpc) is 3.61. The molecule has 12 heteroatoms. The van der Waals surface area contributed by atoms with Gasteiger partial charge in [-0.25, -0.2) is 9.67 Å². The number of imide groups is 1. The summed E-state index contributed by atoms with van der Waals surface area (Å²) in [6, 6.07) is 11.7. The molecule has 4 heterocycles. The maximum absolute atomic E-state index is 12.9. The number of hydrogen-bond acceptors (Lipinski definition) is 7. The van der Waals surface area contributed by atoms with Crippen LogP contribution in [-0.2, 0) is 16.1 Å². The largest absolute Gasteiger partial charge is 0.341 e. The molecule has 6 rings (SSSR count). The first-order valence-corrected chi connectivity index (χ1v) is 11.8. The molecule has 2 aromatic heterocycles. The molecule has 1 fully saturated rings. The normalized spacial score (nSPS) is 18.1. The Kier molecular flexibility index (Phi) is 5.29. The van der Waals surface area contributed by atoms with Gasteiger partial charge >= 0.3 is 0 Å². The van der Waals surface area contributed by atoms with Crippen molar-refractivity contribution in [3.63, 3.8) is 0 Å². The zero-order valence-electron chi connectivity index (χ0n) is 19.8. The Morgan fingerprint density at radius 2 is 2.00 bits per heavy atom. The molecule has 0 spiro atoms. The molecule has 4 aromatic rings. The van der Waals surface area contributed by atoms with Gasteiger partial charge in [0, 0.05) is 18.5 Å². The molecule has 2 aliphatic rings. The minimum atomic E-state index is -0.684. The van der Waals surface area contributed by atoms with Gasteiger partial charge < -0.3 is 15.2 Å². The van der Waals surface area contributed by atoms with Crippen LogP contribution in [0.4, 0.5) is 0 Å². The number of hydrogen-bond donors (Lipinski definition) is 3. The molecule has 1 unspecified atom stereocenters. The third kappa shape index (κ3) is 4.01. The highest BCUT2D eigenvalue weighted by molar-refractivity contribution is 6.05. The van der Waals surface area contributed by atoms with Crippen LogP contribution in [0.2, 0.25) is 0 Å². The van der Waals surface area contributed by atoms with Gasteiger partial charge in [0.25, 0.3) is 11.8 Å². The monoisotopic (exact) mass is 498 g/mol. The molecule has 186 valence electrons. The standard InChI is InChI=1S/C25H22N8O4/c1-13(22-27-17-4-2-3-5-18(17)28-22)26-23(35)19-12-33(31-30-19)15-6-7-16-14(10-15)11-32(25(16)37)20-8-9-21(34)29-24(20)36/h2-7,10,12-13,20H,8-9,11H2,1H3,(H,26,35)(H,27,28)(H,29,34,36)/t13-,20?/m1/s1. The minimum Gasteiger partial charge on any atom is -0.341 e. The number of piperidine rings is 1. The predicted molar refractivity (Wildman–Crippen MR) is 129 cm³/mol. The molecule has 0 aliphatic carbocycles. The number of carbonyl (C=O) groups is 4. The summed E-state index contributed by atoms with van der Waals surface area (Å²) in [5.41, 5.74) is 3.67. The summed E-state index contributed by atoms with van der Waals surface area (Å²) in [6.07, 6.45) is 2.00. The van der Waals surface area contributed by atoms with Crippen molar-refractivity contribution in [2.45, 2.75) is 38.4 Å². The average molecular weight is 499 g/mol. The van der Waals surface area contributed by atoms with Crippen LogP contribution in [0, 0.1) is 0 Å². The van der Waals surface area contributed by atoms with E-state index in [0.717, 1.165) is 16.6 Å². The number of aromatic amines is 1. The molecule has 2 aromatic carbocycles. The van der Waals surface area contributed by atoms with E-state index in [9.17, 15) is 19.2 Å². The van der Waals surface area contributed by atoms with E-state index in [1.165, 1.54) is 15.8 Å². The molecule has 37 heavy (non-hydrogen) atoms. The van der Waals surface area contributed by atoms with Crippen LogP contribution in [-0.4, -0.2) is 59.5 Å². The maximum Gasteiger partial charge on any atom is 0.274 e. The second-order valence-corrected chi connectivity index (χ2v) is 9.12. The fourth-order valence-corrected chi connectivity index (χ4v) is 4.71. The van der Waals surface area contributed by atoms with Gasteiger partial charge in [-0.05, 0) is 49.2 Å². The number of rotatable bonds is 5. The number of aromatic nitrogens is 5. The fraction of sp³-hybridized carbons (Fsp3) is 0.240. The summed E-state index contributed by atoms with van der Waals surface area (Å²) in [5.74, 6) is -0.813. The summed E-state index contributed by atoms with van der Waals surface area (Å²) < 4.78 is 1.46. The van der Waals surface area contributed by atoms with Gasteiger partial charge in [0.1, 0.15) is 11.9 Å². The number of imidazole rings is 1.